The van der Waals surface area contributed by atoms with E-state index < -0.39 is 0 Å². The average molecular weight is 335 g/mol. The van der Waals surface area contributed by atoms with Gasteiger partial charge in [0.05, 0.1) is 17.8 Å². The molecule has 1 aliphatic heterocycles. The third-order valence-electron chi connectivity index (χ3n) is 4.55. The smallest absolute Gasteiger partial charge is 0.267 e. The molecular formula is C19H21N5O. The fraction of sp³-hybridized carbons (Fsp3) is 0.368. The number of rotatable bonds is 4. The Bertz CT molecular complexity index is 858. The first-order valence-corrected chi connectivity index (χ1v) is 8.58. The number of hydrogen-bond donors (Lipinski definition) is 0. The molecule has 1 fully saturated rings. The molecule has 3 heterocycles. The van der Waals surface area contributed by atoms with Crippen molar-refractivity contribution < 1.29 is 4.42 Å². The molecule has 6 nitrogen and oxygen atoms in total. The lowest BCUT2D eigenvalue weighted by atomic mass is 10.1. The third kappa shape index (κ3) is 3.58. The van der Waals surface area contributed by atoms with Crippen LogP contribution in [-0.4, -0.2) is 38.2 Å². The topological polar surface area (TPSA) is 67.9 Å². The second kappa shape index (κ2) is 6.72. The zero-order valence-electron chi connectivity index (χ0n) is 14.5. The number of likely N-dealkylation sites (tertiary alicyclic amines) is 1. The van der Waals surface area contributed by atoms with Gasteiger partial charge in [-0.2, -0.15) is 0 Å². The van der Waals surface area contributed by atoms with E-state index in [1.165, 1.54) is 11.1 Å². The van der Waals surface area contributed by atoms with Gasteiger partial charge in [-0.25, -0.2) is 4.98 Å². The monoisotopic (exact) mass is 335 g/mol. The molecule has 1 atom stereocenters. The van der Waals surface area contributed by atoms with Crippen LogP contribution in [0, 0.1) is 13.8 Å². The minimum Gasteiger partial charge on any atom is -0.419 e. The van der Waals surface area contributed by atoms with Gasteiger partial charge in [-0.15, -0.1) is 10.2 Å². The SMILES string of the molecule is Cc1cccc(CN2CC[C@H](c3nnc(-c4cnc(C)cn4)o3)C2)c1. The summed E-state index contributed by atoms with van der Waals surface area (Å²) in [6, 6.07) is 8.67. The van der Waals surface area contributed by atoms with Gasteiger partial charge in [0, 0.05) is 19.3 Å². The van der Waals surface area contributed by atoms with E-state index in [0.717, 1.165) is 31.7 Å². The van der Waals surface area contributed by atoms with Crippen molar-refractivity contribution in [2.24, 2.45) is 0 Å². The number of nitrogens with zero attached hydrogens (tertiary/aromatic N) is 5. The Morgan fingerprint density at radius 3 is 2.88 bits per heavy atom. The first-order chi connectivity index (χ1) is 12.2. The summed E-state index contributed by atoms with van der Waals surface area (Å²) < 4.78 is 5.86. The van der Waals surface area contributed by atoms with E-state index in [9.17, 15) is 0 Å². The lowest BCUT2D eigenvalue weighted by Crippen LogP contribution is -2.19. The van der Waals surface area contributed by atoms with Crippen molar-refractivity contribution in [3.8, 4) is 11.6 Å². The van der Waals surface area contributed by atoms with Gasteiger partial charge in [-0.05, 0) is 32.4 Å². The highest BCUT2D eigenvalue weighted by Crippen LogP contribution is 2.29. The predicted octanol–water partition coefficient (Wildman–Crippen LogP) is 3.13. The molecule has 0 spiro atoms. The van der Waals surface area contributed by atoms with Gasteiger partial charge in [-0.3, -0.25) is 9.88 Å². The minimum absolute atomic E-state index is 0.282. The van der Waals surface area contributed by atoms with Crippen LogP contribution in [0.4, 0.5) is 0 Å². The van der Waals surface area contributed by atoms with Crippen molar-refractivity contribution in [2.75, 3.05) is 13.1 Å². The molecule has 0 radical (unpaired) electrons. The van der Waals surface area contributed by atoms with Crippen LogP contribution in [0.1, 0.15) is 35.1 Å². The van der Waals surface area contributed by atoms with E-state index in [1.54, 1.807) is 12.4 Å². The van der Waals surface area contributed by atoms with Crippen molar-refractivity contribution in [2.45, 2.75) is 32.7 Å². The largest absolute Gasteiger partial charge is 0.419 e. The molecule has 3 aromatic rings. The van der Waals surface area contributed by atoms with Crippen LogP contribution < -0.4 is 0 Å². The Balaban J connectivity index is 1.43. The minimum atomic E-state index is 0.282. The van der Waals surface area contributed by atoms with Crippen LogP contribution in [-0.2, 0) is 6.54 Å². The number of hydrogen-bond acceptors (Lipinski definition) is 6. The van der Waals surface area contributed by atoms with Gasteiger partial charge in [0.2, 0.25) is 5.89 Å². The molecular weight excluding hydrogens is 314 g/mol. The maximum atomic E-state index is 5.86. The third-order valence-corrected chi connectivity index (χ3v) is 4.55. The second-order valence-corrected chi connectivity index (χ2v) is 6.70. The Hall–Kier alpha value is -2.60. The molecule has 128 valence electrons. The van der Waals surface area contributed by atoms with Crippen LogP contribution >= 0.6 is 0 Å². The molecule has 1 aromatic carbocycles. The Morgan fingerprint density at radius 1 is 1.16 bits per heavy atom. The van der Waals surface area contributed by atoms with Crippen molar-refractivity contribution >= 4 is 0 Å². The quantitative estimate of drug-likeness (QED) is 0.730. The summed E-state index contributed by atoms with van der Waals surface area (Å²) in [6.45, 7) is 6.97. The van der Waals surface area contributed by atoms with E-state index >= 15 is 0 Å². The molecule has 0 bridgehead atoms. The average Bonchev–Trinajstić information content (AvgIpc) is 3.25. The number of aryl methyl sites for hydroxylation is 2. The molecule has 2 aromatic heterocycles. The highest BCUT2D eigenvalue weighted by Gasteiger charge is 2.28. The van der Waals surface area contributed by atoms with E-state index in [-0.39, 0.29) is 5.92 Å². The normalized spacial score (nSPS) is 17.9. The molecule has 6 heteroatoms. The molecule has 0 saturated carbocycles. The highest BCUT2D eigenvalue weighted by atomic mass is 16.4. The Kier molecular flexibility index (Phi) is 4.28. The zero-order valence-corrected chi connectivity index (χ0v) is 14.5. The molecule has 0 aliphatic carbocycles. The fourth-order valence-corrected chi connectivity index (χ4v) is 3.25. The summed E-state index contributed by atoms with van der Waals surface area (Å²) >= 11 is 0. The fourth-order valence-electron chi connectivity index (χ4n) is 3.25. The zero-order chi connectivity index (χ0) is 17.2. The van der Waals surface area contributed by atoms with Gasteiger partial charge >= 0.3 is 0 Å². The molecule has 4 rings (SSSR count). The summed E-state index contributed by atoms with van der Waals surface area (Å²) in [5, 5.41) is 8.39. The standard InChI is InChI=1S/C19H21N5O/c1-13-4-3-5-15(8-13)11-24-7-6-16(12-24)18-22-23-19(25-18)17-10-20-14(2)9-21-17/h3-5,8-10,16H,6-7,11-12H2,1-2H3/t16-/m0/s1. The van der Waals surface area contributed by atoms with E-state index in [4.69, 9.17) is 4.42 Å². The van der Waals surface area contributed by atoms with Gasteiger partial charge < -0.3 is 4.42 Å². The molecule has 0 unspecified atom stereocenters. The molecule has 1 aliphatic rings. The summed E-state index contributed by atoms with van der Waals surface area (Å²) in [6.07, 6.45) is 4.41. The second-order valence-electron chi connectivity index (χ2n) is 6.70. The number of aromatic nitrogens is 4. The maximum Gasteiger partial charge on any atom is 0.267 e. The van der Waals surface area contributed by atoms with Gasteiger partial charge in [0.1, 0.15) is 5.69 Å². The van der Waals surface area contributed by atoms with Gasteiger partial charge in [0.25, 0.3) is 5.89 Å². The van der Waals surface area contributed by atoms with Crippen molar-refractivity contribution in [1.29, 1.82) is 0 Å². The predicted molar refractivity (Wildman–Crippen MR) is 93.9 cm³/mol. The van der Waals surface area contributed by atoms with Gasteiger partial charge in [0.15, 0.2) is 0 Å². The van der Waals surface area contributed by atoms with Crippen molar-refractivity contribution in [3.05, 3.63) is 59.4 Å². The highest BCUT2D eigenvalue weighted by molar-refractivity contribution is 5.43. The summed E-state index contributed by atoms with van der Waals surface area (Å²) in [5.41, 5.74) is 4.14. The molecule has 1 saturated heterocycles. The maximum absolute atomic E-state index is 5.86. The Labute approximate surface area is 146 Å². The van der Waals surface area contributed by atoms with Crippen molar-refractivity contribution in [3.63, 3.8) is 0 Å². The first kappa shape index (κ1) is 15.9. The lowest BCUT2D eigenvalue weighted by Gasteiger charge is -2.15. The summed E-state index contributed by atoms with van der Waals surface area (Å²) in [4.78, 5) is 11.0. The molecule has 25 heavy (non-hydrogen) atoms. The Morgan fingerprint density at radius 2 is 2.08 bits per heavy atom. The van der Waals surface area contributed by atoms with Gasteiger partial charge in [-0.1, -0.05) is 29.8 Å². The molecule has 0 amide bonds. The van der Waals surface area contributed by atoms with E-state index in [2.05, 4.69) is 56.3 Å². The lowest BCUT2D eigenvalue weighted by molar-refractivity contribution is 0.320. The van der Waals surface area contributed by atoms with Crippen molar-refractivity contribution in [1.82, 2.24) is 25.1 Å². The first-order valence-electron chi connectivity index (χ1n) is 8.58. The van der Waals surface area contributed by atoms with Crippen LogP contribution in [0.3, 0.4) is 0 Å². The van der Waals surface area contributed by atoms with E-state index in [0.29, 0.717) is 17.5 Å². The van der Waals surface area contributed by atoms with E-state index in [1.807, 2.05) is 6.92 Å². The number of benzene rings is 1. The van der Waals surface area contributed by atoms with Crippen LogP contribution in [0.5, 0.6) is 0 Å². The van der Waals surface area contributed by atoms with Crippen LogP contribution in [0.25, 0.3) is 11.6 Å². The van der Waals surface area contributed by atoms with Crippen LogP contribution in [0.2, 0.25) is 0 Å². The van der Waals surface area contributed by atoms with Crippen LogP contribution in [0.15, 0.2) is 41.1 Å². The molecule has 0 N–H and O–H groups in total. The summed E-state index contributed by atoms with van der Waals surface area (Å²) in [7, 11) is 0. The summed E-state index contributed by atoms with van der Waals surface area (Å²) in [5.74, 6) is 1.42.